The van der Waals surface area contributed by atoms with Crippen LogP contribution in [0.15, 0.2) is 59.4 Å². The fourth-order valence-corrected chi connectivity index (χ4v) is 3.76. The molecule has 0 aliphatic carbocycles. The molecule has 0 spiro atoms. The van der Waals surface area contributed by atoms with Crippen molar-refractivity contribution in [3.63, 3.8) is 0 Å². The van der Waals surface area contributed by atoms with Gasteiger partial charge < -0.3 is 10.6 Å². The molecule has 0 aliphatic rings. The highest BCUT2D eigenvalue weighted by Crippen LogP contribution is 2.24. The van der Waals surface area contributed by atoms with Crippen molar-refractivity contribution in [3.8, 4) is 10.6 Å². The molecule has 2 aromatic heterocycles. The van der Waals surface area contributed by atoms with E-state index in [2.05, 4.69) is 20.7 Å². The summed E-state index contributed by atoms with van der Waals surface area (Å²) in [6.45, 7) is 4.11. The monoisotopic (exact) mass is 405 g/mol. The maximum Gasteiger partial charge on any atom is 0.319 e. The van der Waals surface area contributed by atoms with Crippen LogP contribution in [0.1, 0.15) is 16.8 Å². The predicted molar refractivity (Wildman–Crippen MR) is 114 cm³/mol. The zero-order valence-electron chi connectivity index (χ0n) is 16.0. The molecule has 2 amide bonds. The maximum absolute atomic E-state index is 12.4. The van der Waals surface area contributed by atoms with Gasteiger partial charge >= 0.3 is 6.03 Å². The molecule has 2 heterocycles. The second kappa shape index (κ2) is 7.84. The third kappa shape index (κ3) is 4.33. The Morgan fingerprint density at radius 3 is 2.62 bits per heavy atom. The second-order valence-electron chi connectivity index (χ2n) is 6.73. The van der Waals surface area contributed by atoms with Gasteiger partial charge in [-0.25, -0.2) is 9.78 Å². The zero-order chi connectivity index (χ0) is 20.4. The molecule has 4 rings (SSSR count). The average molecular weight is 405 g/mol. The lowest BCUT2D eigenvalue weighted by atomic mass is 10.2. The maximum atomic E-state index is 12.4. The van der Waals surface area contributed by atoms with Crippen molar-refractivity contribution in [2.75, 3.05) is 5.32 Å². The molecule has 29 heavy (non-hydrogen) atoms. The van der Waals surface area contributed by atoms with Crippen LogP contribution in [0.5, 0.6) is 0 Å². The lowest BCUT2D eigenvalue weighted by molar-refractivity contribution is 0.251. The molecule has 2 aromatic carbocycles. The first-order chi connectivity index (χ1) is 14.0. The smallest absolute Gasteiger partial charge is 0.319 e. The van der Waals surface area contributed by atoms with Gasteiger partial charge in [-0.3, -0.25) is 4.79 Å². The van der Waals surface area contributed by atoms with Crippen molar-refractivity contribution < 1.29 is 4.79 Å². The number of fused-ring (bicyclic) bond motifs is 1. The summed E-state index contributed by atoms with van der Waals surface area (Å²) in [4.78, 5) is 29.5. The number of carbonyl (C=O) groups is 1. The molecule has 0 atom stereocenters. The summed E-state index contributed by atoms with van der Waals surface area (Å²) in [6, 6.07) is 16.5. The standard InChI is InChI=1S/C21H19N5O2S/c1-13-6-8-15(9-7-13)19-25-26-18(27)11-17(24-21(26)29-19)12-22-20(28)23-16-5-3-4-14(2)10-16/h3-11H,12H2,1-2H3,(H2,22,23,28). The lowest BCUT2D eigenvalue weighted by Crippen LogP contribution is -2.29. The van der Waals surface area contributed by atoms with Gasteiger partial charge in [0.2, 0.25) is 4.96 Å². The third-order valence-corrected chi connectivity index (χ3v) is 5.26. The second-order valence-corrected chi connectivity index (χ2v) is 7.69. The van der Waals surface area contributed by atoms with Gasteiger partial charge in [-0.1, -0.05) is 53.3 Å². The van der Waals surface area contributed by atoms with Crippen molar-refractivity contribution in [1.82, 2.24) is 19.9 Å². The van der Waals surface area contributed by atoms with Crippen molar-refractivity contribution in [3.05, 3.63) is 81.8 Å². The summed E-state index contributed by atoms with van der Waals surface area (Å²) in [5.74, 6) is 0. The third-order valence-electron chi connectivity index (χ3n) is 4.30. The molecular weight excluding hydrogens is 386 g/mol. The van der Waals surface area contributed by atoms with Crippen LogP contribution >= 0.6 is 11.3 Å². The van der Waals surface area contributed by atoms with Gasteiger partial charge in [0.25, 0.3) is 5.56 Å². The molecule has 0 fully saturated rings. The Morgan fingerprint density at radius 1 is 1.07 bits per heavy atom. The Hall–Kier alpha value is -3.52. The Balaban J connectivity index is 1.50. The molecule has 0 unspecified atom stereocenters. The van der Waals surface area contributed by atoms with Crippen molar-refractivity contribution in [2.45, 2.75) is 20.4 Å². The topological polar surface area (TPSA) is 88.4 Å². The molecule has 0 radical (unpaired) electrons. The Bertz CT molecular complexity index is 1240. The number of nitrogens with one attached hydrogen (secondary N) is 2. The van der Waals surface area contributed by atoms with Crippen molar-refractivity contribution >= 4 is 28.0 Å². The summed E-state index contributed by atoms with van der Waals surface area (Å²) in [5.41, 5.74) is 4.05. The molecule has 0 saturated heterocycles. The predicted octanol–water partition coefficient (Wildman–Crippen LogP) is 3.76. The number of nitrogens with zero attached hydrogens (tertiary/aromatic N) is 3. The Labute approximate surface area is 171 Å². The summed E-state index contributed by atoms with van der Waals surface area (Å²) < 4.78 is 1.29. The Morgan fingerprint density at radius 2 is 1.86 bits per heavy atom. The molecule has 0 aliphatic heterocycles. The first kappa shape index (κ1) is 18.8. The number of urea groups is 1. The fraction of sp³-hybridized carbons (Fsp3) is 0.143. The molecule has 2 N–H and O–H groups in total. The number of carbonyl (C=O) groups excluding carboxylic acids is 1. The van der Waals surface area contributed by atoms with Crippen LogP contribution in [0.3, 0.4) is 0 Å². The molecule has 0 bridgehead atoms. The number of hydrogen-bond acceptors (Lipinski definition) is 5. The summed E-state index contributed by atoms with van der Waals surface area (Å²) in [7, 11) is 0. The van der Waals surface area contributed by atoms with E-state index in [0.717, 1.165) is 21.7 Å². The molecule has 146 valence electrons. The van der Waals surface area contributed by atoms with Crippen molar-refractivity contribution in [1.29, 1.82) is 0 Å². The van der Waals surface area contributed by atoms with Crippen LogP contribution < -0.4 is 16.2 Å². The summed E-state index contributed by atoms with van der Waals surface area (Å²) in [6.07, 6.45) is 0. The van der Waals surface area contributed by atoms with Crippen LogP contribution in [-0.2, 0) is 6.54 Å². The first-order valence-corrected chi connectivity index (χ1v) is 9.88. The normalized spacial score (nSPS) is 10.8. The highest BCUT2D eigenvalue weighted by atomic mass is 32.1. The van der Waals surface area contributed by atoms with Crippen LogP contribution in [0.2, 0.25) is 0 Å². The molecular formula is C21H19N5O2S. The van der Waals surface area contributed by atoms with E-state index < -0.39 is 0 Å². The van der Waals surface area contributed by atoms with E-state index >= 15 is 0 Å². The number of anilines is 1. The lowest BCUT2D eigenvalue weighted by Gasteiger charge is -2.07. The van der Waals surface area contributed by atoms with Gasteiger partial charge in [0.05, 0.1) is 12.2 Å². The van der Waals surface area contributed by atoms with E-state index in [1.807, 2.05) is 62.4 Å². The molecule has 8 heteroatoms. The number of rotatable bonds is 4. The van der Waals surface area contributed by atoms with Gasteiger partial charge in [0.1, 0.15) is 5.01 Å². The Kier molecular flexibility index (Phi) is 5.09. The quantitative estimate of drug-likeness (QED) is 0.541. The summed E-state index contributed by atoms with van der Waals surface area (Å²) in [5, 5.41) is 10.6. The van der Waals surface area contributed by atoms with Gasteiger partial charge in [0, 0.05) is 17.3 Å². The van der Waals surface area contributed by atoms with Crippen LogP contribution in [0.4, 0.5) is 10.5 Å². The average Bonchev–Trinajstić information content (AvgIpc) is 3.12. The first-order valence-electron chi connectivity index (χ1n) is 9.06. The largest absolute Gasteiger partial charge is 0.332 e. The molecule has 4 aromatic rings. The minimum Gasteiger partial charge on any atom is -0.332 e. The van der Waals surface area contributed by atoms with E-state index in [4.69, 9.17) is 0 Å². The molecule has 0 saturated carbocycles. The van der Waals surface area contributed by atoms with Crippen molar-refractivity contribution in [2.24, 2.45) is 0 Å². The SMILES string of the molecule is Cc1ccc(-c2nn3c(=O)cc(CNC(=O)Nc4cccc(C)c4)nc3s2)cc1. The van der Waals surface area contributed by atoms with E-state index in [0.29, 0.717) is 16.3 Å². The highest BCUT2D eigenvalue weighted by Gasteiger charge is 2.11. The highest BCUT2D eigenvalue weighted by molar-refractivity contribution is 7.19. The number of hydrogen-bond donors (Lipinski definition) is 2. The van der Waals surface area contributed by atoms with Gasteiger partial charge in [-0.2, -0.15) is 9.61 Å². The minimum absolute atomic E-state index is 0.140. The number of amides is 2. The fourth-order valence-electron chi connectivity index (χ4n) is 2.83. The number of aromatic nitrogens is 3. The van der Waals surface area contributed by atoms with E-state index in [1.54, 1.807) is 0 Å². The minimum atomic E-state index is -0.359. The van der Waals surface area contributed by atoms with E-state index in [-0.39, 0.29) is 18.1 Å². The van der Waals surface area contributed by atoms with E-state index in [9.17, 15) is 9.59 Å². The number of benzene rings is 2. The van der Waals surface area contributed by atoms with Crippen LogP contribution in [0, 0.1) is 13.8 Å². The number of aryl methyl sites for hydroxylation is 2. The molecule has 7 nitrogen and oxygen atoms in total. The summed E-state index contributed by atoms with van der Waals surface area (Å²) >= 11 is 1.34. The van der Waals surface area contributed by atoms with Gasteiger partial charge in [0.15, 0.2) is 0 Å². The van der Waals surface area contributed by atoms with Crippen LogP contribution in [-0.4, -0.2) is 20.6 Å². The van der Waals surface area contributed by atoms with E-state index in [1.165, 1.54) is 21.9 Å². The van der Waals surface area contributed by atoms with Gasteiger partial charge in [-0.05, 0) is 31.5 Å². The van der Waals surface area contributed by atoms with Crippen LogP contribution in [0.25, 0.3) is 15.5 Å². The zero-order valence-corrected chi connectivity index (χ0v) is 16.8. The van der Waals surface area contributed by atoms with Gasteiger partial charge in [-0.15, -0.1) is 0 Å².